The molecule has 0 saturated heterocycles. The molecule has 23 heavy (non-hydrogen) atoms. The summed E-state index contributed by atoms with van der Waals surface area (Å²) in [6.07, 6.45) is 0.784. The zero-order valence-electron chi connectivity index (χ0n) is 13.7. The third kappa shape index (κ3) is 3.22. The van der Waals surface area contributed by atoms with Crippen molar-refractivity contribution in [1.29, 1.82) is 0 Å². The molecule has 1 aromatic heterocycles. The van der Waals surface area contributed by atoms with Crippen LogP contribution in [0.3, 0.4) is 0 Å². The Bertz CT molecular complexity index is 770. The molecule has 6 heteroatoms. The Morgan fingerprint density at radius 2 is 2.13 bits per heavy atom. The third-order valence-electron chi connectivity index (χ3n) is 4.15. The van der Waals surface area contributed by atoms with Crippen LogP contribution in [0.5, 0.6) is 11.5 Å². The van der Waals surface area contributed by atoms with Crippen molar-refractivity contribution >= 4 is 0 Å². The Hall–Kier alpha value is -2.34. The number of fused-ring (bicyclic) bond motifs is 1. The molecular formula is C17H21N3O3. The summed E-state index contributed by atoms with van der Waals surface area (Å²) in [5, 5.41) is 0. The molecule has 1 aromatic carbocycles. The highest BCUT2D eigenvalue weighted by Gasteiger charge is 2.21. The van der Waals surface area contributed by atoms with Gasteiger partial charge in [0.15, 0.2) is 0 Å². The number of benzene rings is 1. The lowest BCUT2D eigenvalue weighted by atomic mass is 10.1. The molecule has 3 rings (SSSR count). The molecule has 0 aliphatic carbocycles. The minimum Gasteiger partial charge on any atom is -0.497 e. The Balaban J connectivity index is 1.84. The lowest BCUT2D eigenvalue weighted by molar-refractivity contribution is 0.237. The maximum atomic E-state index is 12.1. The van der Waals surface area contributed by atoms with Crippen LogP contribution in [0.25, 0.3) is 0 Å². The van der Waals surface area contributed by atoms with E-state index in [9.17, 15) is 4.79 Å². The fourth-order valence-corrected chi connectivity index (χ4v) is 2.99. The van der Waals surface area contributed by atoms with Gasteiger partial charge in [-0.2, -0.15) is 0 Å². The van der Waals surface area contributed by atoms with Crippen LogP contribution in [0, 0.1) is 6.92 Å². The van der Waals surface area contributed by atoms with Gasteiger partial charge in [0, 0.05) is 31.6 Å². The highest BCUT2D eigenvalue weighted by atomic mass is 16.5. The molecule has 2 aromatic rings. The van der Waals surface area contributed by atoms with Gasteiger partial charge in [0.05, 0.1) is 25.5 Å². The number of aromatic nitrogens is 2. The lowest BCUT2D eigenvalue weighted by Gasteiger charge is -2.28. The van der Waals surface area contributed by atoms with Gasteiger partial charge in [-0.25, -0.2) is 4.98 Å². The van der Waals surface area contributed by atoms with Crippen LogP contribution in [0.1, 0.15) is 22.6 Å². The van der Waals surface area contributed by atoms with Crippen molar-refractivity contribution in [3.8, 4) is 11.5 Å². The van der Waals surface area contributed by atoms with Crippen molar-refractivity contribution in [3.63, 3.8) is 0 Å². The van der Waals surface area contributed by atoms with Crippen LogP contribution in [0.15, 0.2) is 23.0 Å². The van der Waals surface area contributed by atoms with Crippen molar-refractivity contribution in [2.45, 2.75) is 26.4 Å². The first-order chi connectivity index (χ1) is 11.1. The van der Waals surface area contributed by atoms with E-state index in [0.717, 1.165) is 41.3 Å². The quantitative estimate of drug-likeness (QED) is 0.929. The van der Waals surface area contributed by atoms with Gasteiger partial charge in [-0.1, -0.05) is 0 Å². The smallest absolute Gasteiger partial charge is 0.255 e. The summed E-state index contributed by atoms with van der Waals surface area (Å²) < 4.78 is 10.7. The minimum absolute atomic E-state index is 0.0326. The summed E-state index contributed by atoms with van der Waals surface area (Å²) in [5.41, 5.74) is 2.70. The Kier molecular flexibility index (Phi) is 4.34. The number of aryl methyl sites for hydroxylation is 1. The fraction of sp³-hybridized carbons (Fsp3) is 0.412. The molecule has 0 saturated carbocycles. The first-order valence-corrected chi connectivity index (χ1v) is 7.62. The standard InChI is InChI=1S/C17H21N3O3/c1-11-18-15-6-7-20(10-14(15)17(21)19-11)9-12-8-13(22-2)4-5-16(12)23-3/h4-5,8H,6-7,9-10H2,1-3H3,(H,18,19,21). The van der Waals surface area contributed by atoms with Crippen LogP contribution in [-0.4, -0.2) is 35.6 Å². The molecule has 2 heterocycles. The van der Waals surface area contributed by atoms with Gasteiger partial charge < -0.3 is 14.5 Å². The summed E-state index contributed by atoms with van der Waals surface area (Å²) in [6, 6.07) is 5.76. The predicted molar refractivity (Wildman–Crippen MR) is 87.0 cm³/mol. The molecule has 1 aliphatic rings. The van der Waals surface area contributed by atoms with Crippen molar-refractivity contribution in [3.05, 3.63) is 51.2 Å². The molecule has 0 atom stereocenters. The lowest BCUT2D eigenvalue weighted by Crippen LogP contribution is -2.35. The Morgan fingerprint density at radius 1 is 1.30 bits per heavy atom. The number of nitrogens with zero attached hydrogens (tertiary/aromatic N) is 2. The molecule has 0 unspecified atom stereocenters. The normalized spacial score (nSPS) is 14.4. The molecule has 1 aliphatic heterocycles. The van der Waals surface area contributed by atoms with E-state index in [1.165, 1.54) is 0 Å². The highest BCUT2D eigenvalue weighted by molar-refractivity contribution is 5.40. The summed E-state index contributed by atoms with van der Waals surface area (Å²) in [7, 11) is 3.31. The maximum Gasteiger partial charge on any atom is 0.255 e. The second-order valence-corrected chi connectivity index (χ2v) is 5.72. The average Bonchev–Trinajstić information content (AvgIpc) is 2.55. The van der Waals surface area contributed by atoms with Crippen molar-refractivity contribution in [2.24, 2.45) is 0 Å². The largest absolute Gasteiger partial charge is 0.497 e. The summed E-state index contributed by atoms with van der Waals surface area (Å²) in [6.45, 7) is 3.98. The number of hydrogen-bond acceptors (Lipinski definition) is 5. The minimum atomic E-state index is -0.0326. The molecule has 0 amide bonds. The fourth-order valence-electron chi connectivity index (χ4n) is 2.99. The van der Waals surface area contributed by atoms with E-state index in [2.05, 4.69) is 14.9 Å². The van der Waals surface area contributed by atoms with Gasteiger partial charge in [-0.15, -0.1) is 0 Å². The van der Waals surface area contributed by atoms with E-state index in [-0.39, 0.29) is 5.56 Å². The maximum absolute atomic E-state index is 12.1. The van der Waals surface area contributed by atoms with Crippen LogP contribution in [0.4, 0.5) is 0 Å². The van der Waals surface area contributed by atoms with E-state index in [4.69, 9.17) is 9.47 Å². The van der Waals surface area contributed by atoms with Crippen molar-refractivity contribution < 1.29 is 9.47 Å². The molecule has 1 N–H and O–H groups in total. The molecular weight excluding hydrogens is 294 g/mol. The van der Waals surface area contributed by atoms with E-state index in [1.807, 2.05) is 25.1 Å². The van der Waals surface area contributed by atoms with Crippen LogP contribution in [-0.2, 0) is 19.5 Å². The molecule has 0 spiro atoms. The average molecular weight is 315 g/mol. The number of H-pyrrole nitrogens is 1. The summed E-state index contributed by atoms with van der Waals surface area (Å²) >= 11 is 0. The second-order valence-electron chi connectivity index (χ2n) is 5.72. The third-order valence-corrected chi connectivity index (χ3v) is 4.15. The summed E-state index contributed by atoms with van der Waals surface area (Å²) in [5.74, 6) is 2.30. The Morgan fingerprint density at radius 3 is 2.87 bits per heavy atom. The van der Waals surface area contributed by atoms with E-state index >= 15 is 0 Å². The first-order valence-electron chi connectivity index (χ1n) is 7.62. The van der Waals surface area contributed by atoms with Crippen molar-refractivity contribution in [1.82, 2.24) is 14.9 Å². The number of hydrogen-bond donors (Lipinski definition) is 1. The van der Waals surface area contributed by atoms with Gasteiger partial charge in [0.25, 0.3) is 5.56 Å². The number of aromatic amines is 1. The zero-order chi connectivity index (χ0) is 16.4. The predicted octanol–water partition coefficient (Wildman–Crippen LogP) is 1.65. The van der Waals surface area contributed by atoms with E-state index < -0.39 is 0 Å². The van der Waals surface area contributed by atoms with Crippen LogP contribution >= 0.6 is 0 Å². The molecule has 6 nitrogen and oxygen atoms in total. The monoisotopic (exact) mass is 315 g/mol. The topological polar surface area (TPSA) is 67.5 Å². The van der Waals surface area contributed by atoms with Crippen molar-refractivity contribution in [2.75, 3.05) is 20.8 Å². The molecule has 0 fully saturated rings. The highest BCUT2D eigenvalue weighted by Crippen LogP contribution is 2.26. The zero-order valence-corrected chi connectivity index (χ0v) is 13.7. The second kappa shape index (κ2) is 6.42. The number of methoxy groups -OCH3 is 2. The van der Waals surface area contributed by atoms with Crippen LogP contribution in [0.2, 0.25) is 0 Å². The Labute approximate surface area is 135 Å². The van der Waals surface area contributed by atoms with Gasteiger partial charge in [-0.05, 0) is 25.1 Å². The first kappa shape index (κ1) is 15.6. The number of ether oxygens (including phenoxy) is 2. The number of rotatable bonds is 4. The van der Waals surface area contributed by atoms with Gasteiger partial charge >= 0.3 is 0 Å². The van der Waals surface area contributed by atoms with E-state index in [1.54, 1.807) is 14.2 Å². The summed E-state index contributed by atoms with van der Waals surface area (Å²) in [4.78, 5) is 21.6. The van der Waals surface area contributed by atoms with E-state index in [0.29, 0.717) is 18.9 Å². The van der Waals surface area contributed by atoms with Gasteiger partial charge in [0.1, 0.15) is 17.3 Å². The van der Waals surface area contributed by atoms with Crippen LogP contribution < -0.4 is 15.0 Å². The number of nitrogens with one attached hydrogen (secondary N) is 1. The molecule has 0 bridgehead atoms. The molecule has 122 valence electrons. The van der Waals surface area contributed by atoms with Gasteiger partial charge in [-0.3, -0.25) is 9.69 Å². The molecule has 0 radical (unpaired) electrons. The van der Waals surface area contributed by atoms with Gasteiger partial charge in [0.2, 0.25) is 0 Å². The SMILES string of the molecule is COc1ccc(OC)c(CN2CCc3nc(C)[nH]c(=O)c3C2)c1.